The van der Waals surface area contributed by atoms with Crippen LogP contribution in [0, 0.1) is 0 Å². The summed E-state index contributed by atoms with van der Waals surface area (Å²) in [6.07, 6.45) is 0. The number of amidine groups is 1. The van der Waals surface area contributed by atoms with Gasteiger partial charge in [-0.25, -0.2) is 8.42 Å². The van der Waals surface area contributed by atoms with E-state index < -0.39 is 9.84 Å². The smallest absolute Gasteiger partial charge is 0.164 e. The molecule has 0 spiro atoms. The zero-order chi connectivity index (χ0) is 20.6. The fourth-order valence-electron chi connectivity index (χ4n) is 3.68. The van der Waals surface area contributed by atoms with E-state index in [0.29, 0.717) is 22.3 Å². The number of hydrogen-bond acceptors (Lipinski definition) is 7. The fraction of sp³-hybridized carbons (Fsp3) is 0.350. The second-order valence-corrected chi connectivity index (χ2v) is 10.5. The highest BCUT2D eigenvalue weighted by Crippen LogP contribution is 2.39. The largest absolute Gasteiger partial charge is 0.493 e. The number of thioether (sulfide) groups is 1. The molecule has 4 rings (SSSR count). The van der Waals surface area contributed by atoms with E-state index in [-0.39, 0.29) is 23.6 Å². The van der Waals surface area contributed by atoms with Gasteiger partial charge in [-0.05, 0) is 29.8 Å². The summed E-state index contributed by atoms with van der Waals surface area (Å²) in [5, 5.41) is 1.50. The molecule has 2 atom stereocenters. The molecule has 2 aromatic carbocycles. The van der Waals surface area contributed by atoms with Crippen LogP contribution in [-0.4, -0.2) is 51.4 Å². The van der Waals surface area contributed by atoms with E-state index in [1.54, 1.807) is 26.0 Å². The number of anilines is 1. The number of benzene rings is 2. The lowest BCUT2D eigenvalue weighted by molar-refractivity contribution is 0.355. The van der Waals surface area contributed by atoms with Crippen LogP contribution in [-0.2, 0) is 15.6 Å². The quantitative estimate of drug-likeness (QED) is 0.690. The Bertz CT molecular complexity index is 1060. The van der Waals surface area contributed by atoms with Crippen molar-refractivity contribution >= 4 is 44.1 Å². The van der Waals surface area contributed by atoms with Gasteiger partial charge in [-0.1, -0.05) is 35.5 Å². The van der Waals surface area contributed by atoms with E-state index in [4.69, 9.17) is 26.1 Å². The molecule has 29 heavy (non-hydrogen) atoms. The summed E-state index contributed by atoms with van der Waals surface area (Å²) in [5.74, 6) is 2.08. The maximum Gasteiger partial charge on any atom is 0.164 e. The van der Waals surface area contributed by atoms with Gasteiger partial charge >= 0.3 is 0 Å². The van der Waals surface area contributed by atoms with Crippen LogP contribution in [0.4, 0.5) is 5.69 Å². The van der Waals surface area contributed by atoms with Gasteiger partial charge in [0.25, 0.3) is 0 Å². The number of methoxy groups -OCH3 is 2. The van der Waals surface area contributed by atoms with Gasteiger partial charge in [0, 0.05) is 22.5 Å². The Labute approximate surface area is 179 Å². The van der Waals surface area contributed by atoms with Gasteiger partial charge in [0.2, 0.25) is 0 Å². The number of sulfone groups is 1. The number of nitrogens with zero attached hydrogens (tertiary/aromatic N) is 2. The molecule has 154 valence electrons. The summed E-state index contributed by atoms with van der Waals surface area (Å²) in [5.41, 5.74) is 1.92. The third-order valence-corrected chi connectivity index (χ3v) is 7.98. The van der Waals surface area contributed by atoms with Crippen molar-refractivity contribution in [1.82, 2.24) is 0 Å². The maximum absolute atomic E-state index is 12.2. The summed E-state index contributed by atoms with van der Waals surface area (Å²) >= 11 is 7.67. The van der Waals surface area contributed by atoms with Gasteiger partial charge in [0.15, 0.2) is 26.5 Å². The summed E-state index contributed by atoms with van der Waals surface area (Å²) < 4.78 is 35.2. The molecule has 0 saturated carbocycles. The van der Waals surface area contributed by atoms with Crippen LogP contribution in [0.15, 0.2) is 47.5 Å². The maximum atomic E-state index is 12.2. The standard InChI is InChI=1S/C20H21ClN2O4S2/c1-26-18-7-6-15(9-19(18)27-2)23-17-12-29(24,25)11-16(17)22-20(23)28-10-13-4-3-5-14(21)8-13/h3-9,16-17H,10-12H2,1-2H3/t16-,17+/m1/s1. The van der Waals surface area contributed by atoms with Crippen LogP contribution >= 0.6 is 23.4 Å². The molecule has 2 aromatic rings. The number of fused-ring (bicyclic) bond motifs is 1. The molecule has 2 heterocycles. The van der Waals surface area contributed by atoms with Crippen LogP contribution in [0.5, 0.6) is 11.5 Å². The molecule has 0 radical (unpaired) electrons. The zero-order valence-corrected chi connectivity index (χ0v) is 18.4. The van der Waals surface area contributed by atoms with Crippen LogP contribution in [0.2, 0.25) is 5.02 Å². The van der Waals surface area contributed by atoms with Gasteiger partial charge in [-0.15, -0.1) is 0 Å². The van der Waals surface area contributed by atoms with Crippen LogP contribution in [0.3, 0.4) is 0 Å². The molecule has 0 N–H and O–H groups in total. The molecule has 0 aliphatic carbocycles. The van der Waals surface area contributed by atoms with E-state index in [9.17, 15) is 8.42 Å². The molecule has 1 saturated heterocycles. The van der Waals surface area contributed by atoms with E-state index in [0.717, 1.165) is 16.4 Å². The van der Waals surface area contributed by atoms with E-state index in [1.165, 1.54) is 0 Å². The van der Waals surface area contributed by atoms with Crippen molar-refractivity contribution in [3.05, 3.63) is 53.1 Å². The van der Waals surface area contributed by atoms with Crippen molar-refractivity contribution in [1.29, 1.82) is 0 Å². The van der Waals surface area contributed by atoms with Crippen LogP contribution < -0.4 is 14.4 Å². The van der Waals surface area contributed by atoms with Gasteiger partial charge in [-0.2, -0.15) is 0 Å². The lowest BCUT2D eigenvalue weighted by Crippen LogP contribution is -2.39. The Morgan fingerprint density at radius 2 is 1.93 bits per heavy atom. The summed E-state index contributed by atoms with van der Waals surface area (Å²) in [6, 6.07) is 12.8. The third-order valence-electron chi connectivity index (χ3n) is 5.01. The molecular formula is C20H21ClN2O4S2. The van der Waals surface area contributed by atoms with Gasteiger partial charge in [0.05, 0.1) is 37.8 Å². The Kier molecular flexibility index (Phi) is 5.68. The predicted molar refractivity (Wildman–Crippen MR) is 118 cm³/mol. The Hall–Kier alpha value is -1.90. The average Bonchev–Trinajstić information content (AvgIpc) is 3.16. The molecule has 1 fully saturated rings. The number of aliphatic imine (C=N–C) groups is 1. The molecule has 2 aliphatic rings. The number of rotatable bonds is 5. The SMILES string of the molecule is COc1ccc(N2C(SCc3cccc(Cl)c3)=N[C@@H]3CS(=O)(=O)C[C@@H]32)cc1OC. The highest BCUT2D eigenvalue weighted by Gasteiger charge is 2.47. The molecule has 0 unspecified atom stereocenters. The first-order chi connectivity index (χ1) is 13.9. The van der Waals surface area contributed by atoms with Gasteiger partial charge in [0.1, 0.15) is 0 Å². The monoisotopic (exact) mass is 452 g/mol. The van der Waals surface area contributed by atoms with Crippen molar-refractivity contribution < 1.29 is 17.9 Å². The minimum atomic E-state index is -3.10. The average molecular weight is 453 g/mol. The fourth-order valence-corrected chi connectivity index (χ4v) is 6.81. The first-order valence-corrected chi connectivity index (χ1v) is 12.3. The second-order valence-electron chi connectivity index (χ2n) is 6.95. The Balaban J connectivity index is 1.65. The molecule has 9 heteroatoms. The Morgan fingerprint density at radius 3 is 2.66 bits per heavy atom. The lowest BCUT2D eigenvalue weighted by Gasteiger charge is -2.27. The first-order valence-electron chi connectivity index (χ1n) is 9.07. The predicted octanol–water partition coefficient (Wildman–Crippen LogP) is 3.63. The first kappa shape index (κ1) is 20.4. The Morgan fingerprint density at radius 1 is 1.14 bits per heavy atom. The van der Waals surface area contributed by atoms with Crippen LogP contribution in [0.1, 0.15) is 5.56 Å². The second kappa shape index (κ2) is 8.08. The van der Waals surface area contributed by atoms with Crippen molar-refractivity contribution in [2.45, 2.75) is 17.8 Å². The summed E-state index contributed by atoms with van der Waals surface area (Å²) in [7, 11) is 0.0622. The van der Waals surface area contributed by atoms with Crippen molar-refractivity contribution in [3.63, 3.8) is 0 Å². The minimum absolute atomic E-state index is 0.0860. The molecular weight excluding hydrogens is 432 g/mol. The van der Waals surface area contributed by atoms with Crippen molar-refractivity contribution in [2.24, 2.45) is 4.99 Å². The van der Waals surface area contributed by atoms with E-state index in [1.807, 2.05) is 47.4 Å². The lowest BCUT2D eigenvalue weighted by atomic mass is 10.1. The number of hydrogen-bond donors (Lipinski definition) is 0. The minimum Gasteiger partial charge on any atom is -0.493 e. The normalized spacial score (nSPS) is 22.3. The highest BCUT2D eigenvalue weighted by molar-refractivity contribution is 8.13. The number of ether oxygens (including phenoxy) is 2. The van der Waals surface area contributed by atoms with E-state index in [2.05, 4.69) is 0 Å². The van der Waals surface area contributed by atoms with Gasteiger partial charge in [-0.3, -0.25) is 4.99 Å². The molecule has 0 bridgehead atoms. The third kappa shape index (κ3) is 4.20. The van der Waals surface area contributed by atoms with Crippen molar-refractivity contribution in [2.75, 3.05) is 30.6 Å². The van der Waals surface area contributed by atoms with Gasteiger partial charge < -0.3 is 14.4 Å². The molecule has 0 amide bonds. The van der Waals surface area contributed by atoms with E-state index >= 15 is 0 Å². The molecule has 0 aromatic heterocycles. The summed E-state index contributed by atoms with van der Waals surface area (Å²) in [6.45, 7) is 0. The van der Waals surface area contributed by atoms with Crippen LogP contribution in [0.25, 0.3) is 0 Å². The number of halogens is 1. The van der Waals surface area contributed by atoms with Crippen molar-refractivity contribution in [3.8, 4) is 11.5 Å². The summed E-state index contributed by atoms with van der Waals surface area (Å²) in [4.78, 5) is 6.78. The molecule has 2 aliphatic heterocycles. The topological polar surface area (TPSA) is 68.2 Å². The molecule has 6 nitrogen and oxygen atoms in total. The zero-order valence-electron chi connectivity index (χ0n) is 16.0. The highest BCUT2D eigenvalue weighted by atomic mass is 35.5.